The molecule has 0 atom stereocenters. The van der Waals surface area contributed by atoms with Gasteiger partial charge in [-0.1, -0.05) is 0 Å². The molecule has 0 saturated heterocycles. The van der Waals surface area contributed by atoms with Crippen molar-refractivity contribution in [2.75, 3.05) is 13.4 Å². The van der Waals surface area contributed by atoms with Gasteiger partial charge in [0.15, 0.2) is 6.29 Å². The Morgan fingerprint density at radius 2 is 2.23 bits per heavy atom. The fourth-order valence-corrected chi connectivity index (χ4v) is 1.42. The minimum absolute atomic E-state index is 0.0275. The average Bonchev–Trinajstić information content (AvgIpc) is 2.16. The lowest BCUT2D eigenvalue weighted by atomic mass is 10.2. The molecule has 1 rings (SSSR count). The van der Waals surface area contributed by atoms with Gasteiger partial charge in [0.2, 0.25) is 0 Å². The van der Waals surface area contributed by atoms with E-state index >= 15 is 0 Å². The van der Waals surface area contributed by atoms with Gasteiger partial charge in [0.05, 0.1) is 12.7 Å². The highest BCUT2D eigenvalue weighted by atomic mass is 32.2. The van der Waals surface area contributed by atoms with Crippen LogP contribution in [0.15, 0.2) is 17.0 Å². The second-order valence-electron chi connectivity index (χ2n) is 2.34. The standard InChI is InChI=1S/C9H9FO2S/c1-12-9-4-6(13-2)3-8(10)7(9)5-11/h3-5H,1-2H3. The number of methoxy groups -OCH3 is 1. The monoisotopic (exact) mass is 200 g/mol. The minimum Gasteiger partial charge on any atom is -0.496 e. The molecule has 0 radical (unpaired) electrons. The topological polar surface area (TPSA) is 26.3 Å². The van der Waals surface area contributed by atoms with E-state index in [1.54, 1.807) is 6.07 Å². The van der Waals surface area contributed by atoms with Gasteiger partial charge in [-0.15, -0.1) is 11.8 Å². The molecule has 0 fully saturated rings. The van der Waals surface area contributed by atoms with E-state index in [0.29, 0.717) is 6.29 Å². The van der Waals surface area contributed by atoms with E-state index in [1.807, 2.05) is 6.26 Å². The molecule has 4 heteroatoms. The van der Waals surface area contributed by atoms with Crippen molar-refractivity contribution in [1.29, 1.82) is 0 Å². The van der Waals surface area contributed by atoms with Gasteiger partial charge in [0.1, 0.15) is 11.6 Å². The average molecular weight is 200 g/mol. The second-order valence-corrected chi connectivity index (χ2v) is 3.22. The summed E-state index contributed by atoms with van der Waals surface area (Å²) in [6.07, 6.45) is 2.28. The van der Waals surface area contributed by atoms with Gasteiger partial charge in [0.25, 0.3) is 0 Å². The molecule has 0 aliphatic carbocycles. The number of thioether (sulfide) groups is 1. The Morgan fingerprint density at radius 3 is 2.69 bits per heavy atom. The van der Waals surface area contributed by atoms with E-state index in [0.717, 1.165) is 4.90 Å². The zero-order valence-electron chi connectivity index (χ0n) is 7.33. The maximum Gasteiger partial charge on any atom is 0.156 e. The first-order valence-electron chi connectivity index (χ1n) is 3.59. The summed E-state index contributed by atoms with van der Waals surface area (Å²) in [6.45, 7) is 0. The van der Waals surface area contributed by atoms with Crippen LogP contribution < -0.4 is 4.74 Å². The van der Waals surface area contributed by atoms with Crippen molar-refractivity contribution in [3.63, 3.8) is 0 Å². The summed E-state index contributed by atoms with van der Waals surface area (Å²) >= 11 is 1.40. The van der Waals surface area contributed by atoms with Crippen LogP contribution in [-0.4, -0.2) is 19.7 Å². The molecule has 1 aromatic rings. The number of aldehydes is 1. The largest absolute Gasteiger partial charge is 0.496 e. The lowest BCUT2D eigenvalue weighted by molar-refractivity contribution is 0.111. The van der Waals surface area contributed by atoms with Crippen molar-refractivity contribution in [1.82, 2.24) is 0 Å². The number of rotatable bonds is 3. The molecule has 2 nitrogen and oxygen atoms in total. The van der Waals surface area contributed by atoms with E-state index in [9.17, 15) is 9.18 Å². The van der Waals surface area contributed by atoms with Crippen LogP contribution in [0.1, 0.15) is 10.4 Å². The molecular formula is C9H9FO2S. The number of benzene rings is 1. The summed E-state index contributed by atoms with van der Waals surface area (Å²) in [5.41, 5.74) is -0.0275. The molecule has 0 aliphatic rings. The van der Waals surface area contributed by atoms with Crippen LogP contribution in [0.25, 0.3) is 0 Å². The predicted octanol–water partition coefficient (Wildman–Crippen LogP) is 2.37. The van der Waals surface area contributed by atoms with Crippen molar-refractivity contribution >= 4 is 18.0 Å². The summed E-state index contributed by atoms with van der Waals surface area (Å²) < 4.78 is 18.0. The smallest absolute Gasteiger partial charge is 0.156 e. The highest BCUT2D eigenvalue weighted by Crippen LogP contribution is 2.26. The van der Waals surface area contributed by atoms with Crippen molar-refractivity contribution < 1.29 is 13.9 Å². The van der Waals surface area contributed by atoms with Gasteiger partial charge in [-0.25, -0.2) is 4.39 Å². The van der Waals surface area contributed by atoms with Gasteiger partial charge in [-0.2, -0.15) is 0 Å². The first kappa shape index (κ1) is 10.1. The Hall–Kier alpha value is -1.03. The van der Waals surface area contributed by atoms with Crippen molar-refractivity contribution in [2.45, 2.75) is 4.90 Å². The lowest BCUT2D eigenvalue weighted by Crippen LogP contribution is -1.95. The van der Waals surface area contributed by atoms with Crippen molar-refractivity contribution in [3.8, 4) is 5.75 Å². The van der Waals surface area contributed by atoms with Gasteiger partial charge < -0.3 is 4.74 Å². The van der Waals surface area contributed by atoms with E-state index in [4.69, 9.17) is 4.74 Å². The number of carbonyl (C=O) groups is 1. The van der Waals surface area contributed by atoms with Gasteiger partial charge >= 0.3 is 0 Å². The van der Waals surface area contributed by atoms with Crippen LogP contribution in [0.3, 0.4) is 0 Å². The summed E-state index contributed by atoms with van der Waals surface area (Å²) in [5, 5.41) is 0. The maximum atomic E-state index is 13.2. The fraction of sp³-hybridized carbons (Fsp3) is 0.222. The number of ether oxygens (including phenoxy) is 1. The first-order valence-corrected chi connectivity index (χ1v) is 4.82. The Bertz CT molecular complexity index is 326. The number of halogens is 1. The van der Waals surface area contributed by atoms with Crippen LogP contribution in [0.2, 0.25) is 0 Å². The van der Waals surface area contributed by atoms with Gasteiger partial charge in [-0.05, 0) is 18.4 Å². The number of hydrogen-bond acceptors (Lipinski definition) is 3. The van der Waals surface area contributed by atoms with Crippen molar-refractivity contribution in [3.05, 3.63) is 23.5 Å². The maximum absolute atomic E-state index is 13.2. The van der Waals surface area contributed by atoms with Crippen LogP contribution >= 0.6 is 11.8 Å². The van der Waals surface area contributed by atoms with E-state index in [-0.39, 0.29) is 11.3 Å². The highest BCUT2D eigenvalue weighted by molar-refractivity contribution is 7.98. The van der Waals surface area contributed by atoms with E-state index in [2.05, 4.69) is 0 Å². The Kier molecular flexibility index (Phi) is 3.31. The number of hydrogen-bond donors (Lipinski definition) is 0. The summed E-state index contributed by atoms with van der Waals surface area (Å²) in [4.78, 5) is 11.2. The van der Waals surface area contributed by atoms with Gasteiger partial charge in [-0.3, -0.25) is 4.79 Å². The summed E-state index contributed by atoms with van der Waals surface area (Å²) in [6, 6.07) is 2.95. The molecular weight excluding hydrogens is 191 g/mol. The molecule has 70 valence electrons. The van der Waals surface area contributed by atoms with E-state index in [1.165, 1.54) is 24.9 Å². The molecule has 0 amide bonds. The molecule has 0 unspecified atom stereocenters. The Labute approximate surface area is 80.1 Å². The molecule has 0 aliphatic heterocycles. The first-order chi connectivity index (χ1) is 6.22. The Morgan fingerprint density at radius 1 is 1.54 bits per heavy atom. The van der Waals surface area contributed by atoms with E-state index < -0.39 is 5.82 Å². The predicted molar refractivity (Wildman–Crippen MR) is 50.1 cm³/mol. The Balaban J connectivity index is 3.28. The quantitative estimate of drug-likeness (QED) is 0.553. The van der Waals surface area contributed by atoms with Crippen LogP contribution in [-0.2, 0) is 0 Å². The summed E-state index contributed by atoms with van der Waals surface area (Å²) in [5.74, 6) is -0.266. The molecule has 0 heterocycles. The number of carbonyl (C=O) groups excluding carboxylic acids is 1. The minimum atomic E-state index is -0.543. The second kappa shape index (κ2) is 4.28. The molecule has 0 N–H and O–H groups in total. The van der Waals surface area contributed by atoms with Crippen LogP contribution in [0, 0.1) is 5.82 Å². The SMILES string of the molecule is COc1cc(SC)cc(F)c1C=O. The third-order valence-electron chi connectivity index (χ3n) is 1.64. The molecule has 1 aromatic carbocycles. The summed E-state index contributed by atoms with van der Waals surface area (Å²) in [7, 11) is 1.41. The third-order valence-corrected chi connectivity index (χ3v) is 2.35. The van der Waals surface area contributed by atoms with Crippen LogP contribution in [0.4, 0.5) is 4.39 Å². The zero-order chi connectivity index (χ0) is 9.84. The zero-order valence-corrected chi connectivity index (χ0v) is 8.15. The fourth-order valence-electron chi connectivity index (χ4n) is 0.970. The lowest BCUT2D eigenvalue weighted by Gasteiger charge is -2.06. The van der Waals surface area contributed by atoms with Crippen LogP contribution in [0.5, 0.6) is 5.75 Å². The third kappa shape index (κ3) is 2.01. The normalized spacial score (nSPS) is 9.77. The molecule has 0 aromatic heterocycles. The van der Waals surface area contributed by atoms with Gasteiger partial charge in [0, 0.05) is 4.90 Å². The molecule has 0 saturated carbocycles. The van der Waals surface area contributed by atoms with Crippen molar-refractivity contribution in [2.24, 2.45) is 0 Å². The molecule has 0 spiro atoms. The molecule has 0 bridgehead atoms. The molecule has 13 heavy (non-hydrogen) atoms. The highest BCUT2D eigenvalue weighted by Gasteiger charge is 2.09.